The molecule has 2 rings (SSSR count). The van der Waals surface area contributed by atoms with Gasteiger partial charge in [-0.05, 0) is 48.1 Å². The first kappa shape index (κ1) is 17.5. The van der Waals surface area contributed by atoms with E-state index in [1.165, 1.54) is 6.08 Å². The number of thiocarbonyl (C=S) groups is 1. The van der Waals surface area contributed by atoms with Crippen molar-refractivity contribution in [2.24, 2.45) is 0 Å². The molecule has 7 heteroatoms. The molecule has 24 heavy (non-hydrogen) atoms. The predicted octanol–water partition coefficient (Wildman–Crippen LogP) is 3.62. The third kappa shape index (κ3) is 5.39. The number of rotatable bonds is 3. The van der Waals surface area contributed by atoms with Crippen molar-refractivity contribution in [3.63, 3.8) is 0 Å². The third-order valence-electron chi connectivity index (χ3n) is 2.85. The van der Waals surface area contributed by atoms with Gasteiger partial charge < -0.3 is 5.32 Å². The second kappa shape index (κ2) is 8.67. The molecule has 2 aromatic rings. The average Bonchev–Trinajstić information content (AvgIpc) is 2.60. The van der Waals surface area contributed by atoms with Gasteiger partial charge in [0, 0.05) is 10.7 Å². The zero-order valence-electron chi connectivity index (χ0n) is 12.4. The molecular weight excluding hydrogens is 344 g/mol. The van der Waals surface area contributed by atoms with Crippen molar-refractivity contribution < 1.29 is 4.79 Å². The molecule has 0 atom stereocenters. The molecule has 0 heterocycles. The Bertz CT molecular complexity index is 798. The zero-order valence-corrected chi connectivity index (χ0v) is 14.0. The Morgan fingerprint density at radius 1 is 1.08 bits per heavy atom. The van der Waals surface area contributed by atoms with E-state index < -0.39 is 5.91 Å². The van der Waals surface area contributed by atoms with Gasteiger partial charge >= 0.3 is 0 Å². The standard InChI is InChI=1S/C17H13ClN4OS/c1-19-15(11-12-7-9-13(18)10-8-12)16(23)21-22-17(24)20-14-5-3-2-4-6-14/h2-11H,(H,21,23)(H2,20,22,24). The number of anilines is 1. The molecule has 0 aliphatic rings. The summed E-state index contributed by atoms with van der Waals surface area (Å²) in [6.07, 6.45) is 1.47. The number of halogens is 1. The van der Waals surface area contributed by atoms with Gasteiger partial charge in [0.1, 0.15) is 0 Å². The summed E-state index contributed by atoms with van der Waals surface area (Å²) in [4.78, 5) is 15.3. The fourth-order valence-corrected chi connectivity index (χ4v) is 2.02. The van der Waals surface area contributed by atoms with Crippen molar-refractivity contribution in [1.29, 1.82) is 0 Å². The van der Waals surface area contributed by atoms with Gasteiger partial charge in [0.15, 0.2) is 5.11 Å². The number of hydrazine groups is 1. The average molecular weight is 357 g/mol. The van der Waals surface area contributed by atoms with Gasteiger partial charge in [-0.1, -0.05) is 41.9 Å². The van der Waals surface area contributed by atoms with Crippen LogP contribution in [0.25, 0.3) is 10.9 Å². The van der Waals surface area contributed by atoms with Crippen LogP contribution in [0, 0.1) is 6.57 Å². The fraction of sp³-hybridized carbons (Fsp3) is 0. The van der Waals surface area contributed by atoms with Crippen LogP contribution in [0.15, 0.2) is 60.3 Å². The summed E-state index contributed by atoms with van der Waals surface area (Å²) in [7, 11) is 0. The van der Waals surface area contributed by atoms with Crippen molar-refractivity contribution in [3.8, 4) is 0 Å². The number of hydrogen-bond donors (Lipinski definition) is 3. The largest absolute Gasteiger partial charge is 0.331 e. The number of para-hydroxylation sites is 1. The summed E-state index contributed by atoms with van der Waals surface area (Å²) in [5.41, 5.74) is 6.35. The maximum absolute atomic E-state index is 12.0. The van der Waals surface area contributed by atoms with E-state index in [1.54, 1.807) is 24.3 Å². The van der Waals surface area contributed by atoms with Crippen molar-refractivity contribution in [2.75, 3.05) is 5.32 Å². The quantitative estimate of drug-likeness (QED) is 0.340. The van der Waals surface area contributed by atoms with E-state index >= 15 is 0 Å². The zero-order chi connectivity index (χ0) is 17.4. The van der Waals surface area contributed by atoms with E-state index in [2.05, 4.69) is 21.0 Å². The normalized spacial score (nSPS) is 10.4. The molecule has 1 amide bonds. The number of nitrogens with zero attached hydrogens (tertiary/aromatic N) is 1. The highest BCUT2D eigenvalue weighted by atomic mass is 35.5. The number of carbonyl (C=O) groups excluding carboxylic acids is 1. The molecule has 5 nitrogen and oxygen atoms in total. The number of nitrogens with one attached hydrogen (secondary N) is 3. The first-order valence-corrected chi connectivity index (χ1v) is 7.64. The smallest absolute Gasteiger partial charge is 0.268 e. The van der Waals surface area contributed by atoms with E-state index in [1.807, 2.05) is 30.3 Å². The Balaban J connectivity index is 1.93. The van der Waals surface area contributed by atoms with Crippen LogP contribution in [0.4, 0.5) is 5.69 Å². The van der Waals surface area contributed by atoms with Gasteiger partial charge in [0.2, 0.25) is 0 Å². The summed E-state index contributed by atoms with van der Waals surface area (Å²) < 4.78 is 0. The molecule has 0 radical (unpaired) electrons. The summed E-state index contributed by atoms with van der Waals surface area (Å²) >= 11 is 10.9. The number of hydrogen-bond acceptors (Lipinski definition) is 2. The molecule has 3 N–H and O–H groups in total. The van der Waals surface area contributed by atoms with Gasteiger partial charge in [0.25, 0.3) is 11.6 Å². The lowest BCUT2D eigenvalue weighted by Crippen LogP contribution is -2.44. The Hall–Kier alpha value is -2.88. The Kier molecular flexibility index (Phi) is 6.32. The first-order valence-electron chi connectivity index (χ1n) is 6.85. The summed E-state index contributed by atoms with van der Waals surface area (Å²) in [6, 6.07) is 16.1. The van der Waals surface area contributed by atoms with E-state index in [-0.39, 0.29) is 10.8 Å². The maximum Gasteiger partial charge on any atom is 0.268 e. The van der Waals surface area contributed by atoms with Crippen molar-refractivity contribution in [2.45, 2.75) is 0 Å². The molecule has 0 fully saturated rings. The predicted molar refractivity (Wildman–Crippen MR) is 100.0 cm³/mol. The molecule has 0 aromatic heterocycles. The van der Waals surface area contributed by atoms with E-state index in [0.717, 1.165) is 5.69 Å². The minimum Gasteiger partial charge on any atom is -0.331 e. The molecule has 0 spiro atoms. The molecular formula is C17H13ClN4OS. The molecule has 120 valence electrons. The van der Waals surface area contributed by atoms with Crippen LogP contribution in [-0.4, -0.2) is 11.0 Å². The lowest BCUT2D eigenvalue weighted by molar-refractivity contribution is -0.117. The monoisotopic (exact) mass is 356 g/mol. The highest BCUT2D eigenvalue weighted by Gasteiger charge is 2.10. The third-order valence-corrected chi connectivity index (χ3v) is 3.30. The van der Waals surface area contributed by atoms with Crippen LogP contribution in [-0.2, 0) is 4.79 Å². The highest BCUT2D eigenvalue weighted by molar-refractivity contribution is 7.80. The van der Waals surface area contributed by atoms with E-state index in [4.69, 9.17) is 30.4 Å². The summed E-state index contributed by atoms with van der Waals surface area (Å²) in [5, 5.41) is 3.70. The number of carbonyl (C=O) groups is 1. The van der Waals surface area contributed by atoms with Crippen LogP contribution >= 0.6 is 23.8 Å². The Labute approximate surface area is 150 Å². The minimum atomic E-state index is -0.586. The molecule has 0 saturated carbocycles. The van der Waals surface area contributed by atoms with Crippen molar-refractivity contribution >= 4 is 46.6 Å². The van der Waals surface area contributed by atoms with Crippen LogP contribution in [0.2, 0.25) is 5.02 Å². The SMILES string of the molecule is [C-]#[N+]C(=Cc1ccc(Cl)cc1)C(=O)NNC(=S)Nc1ccccc1. The van der Waals surface area contributed by atoms with Crippen LogP contribution in [0.5, 0.6) is 0 Å². The Morgan fingerprint density at radius 2 is 1.75 bits per heavy atom. The molecule has 0 saturated heterocycles. The van der Waals surface area contributed by atoms with Gasteiger partial charge in [-0.25, -0.2) is 4.85 Å². The fourth-order valence-electron chi connectivity index (χ4n) is 1.73. The topological polar surface area (TPSA) is 57.5 Å². The van der Waals surface area contributed by atoms with Gasteiger partial charge in [0.05, 0.1) is 6.57 Å². The molecule has 0 bridgehead atoms. The molecule has 0 aliphatic heterocycles. The molecule has 0 aliphatic carbocycles. The maximum atomic E-state index is 12.0. The first-order chi connectivity index (χ1) is 11.6. The molecule has 0 unspecified atom stereocenters. The molecule has 2 aromatic carbocycles. The van der Waals surface area contributed by atoms with E-state index in [0.29, 0.717) is 10.6 Å². The van der Waals surface area contributed by atoms with Crippen molar-refractivity contribution in [1.82, 2.24) is 10.9 Å². The number of amides is 1. The van der Waals surface area contributed by atoms with Gasteiger partial charge in [-0.15, -0.1) is 0 Å². The lowest BCUT2D eigenvalue weighted by atomic mass is 10.2. The number of benzene rings is 2. The lowest BCUT2D eigenvalue weighted by Gasteiger charge is -2.11. The highest BCUT2D eigenvalue weighted by Crippen LogP contribution is 2.13. The van der Waals surface area contributed by atoms with Crippen LogP contribution < -0.4 is 16.2 Å². The van der Waals surface area contributed by atoms with E-state index in [9.17, 15) is 4.79 Å². The summed E-state index contributed by atoms with van der Waals surface area (Å²) in [6.45, 7) is 7.14. The van der Waals surface area contributed by atoms with Crippen molar-refractivity contribution in [3.05, 3.63) is 82.3 Å². The Morgan fingerprint density at radius 3 is 2.38 bits per heavy atom. The van der Waals surface area contributed by atoms with Crippen LogP contribution in [0.3, 0.4) is 0 Å². The van der Waals surface area contributed by atoms with Gasteiger partial charge in [-0.3, -0.25) is 15.6 Å². The van der Waals surface area contributed by atoms with Crippen LogP contribution in [0.1, 0.15) is 5.56 Å². The second-order valence-corrected chi connectivity index (χ2v) is 5.44. The second-order valence-electron chi connectivity index (χ2n) is 4.59. The minimum absolute atomic E-state index is 0.0765. The summed E-state index contributed by atoms with van der Waals surface area (Å²) in [5.74, 6) is -0.586. The van der Waals surface area contributed by atoms with Gasteiger partial charge in [-0.2, -0.15) is 0 Å².